The van der Waals surface area contributed by atoms with Gasteiger partial charge in [-0.05, 0) is 0 Å². The lowest BCUT2D eigenvalue weighted by Crippen LogP contribution is -2.29. The van der Waals surface area contributed by atoms with Crippen LogP contribution in [0.1, 0.15) is 6.42 Å². The molecule has 0 radical (unpaired) electrons. The second kappa shape index (κ2) is 2.19. The molecule has 0 aromatic rings. The zero-order chi connectivity index (χ0) is 7.02. The molecule has 4 heteroatoms. The summed E-state index contributed by atoms with van der Waals surface area (Å²) in [5.74, 6) is -0.0918. The fourth-order valence-corrected chi connectivity index (χ4v) is 1.21. The highest BCUT2D eigenvalue weighted by atomic mass is 32.1. The molecule has 0 aliphatic carbocycles. The first kappa shape index (κ1) is 6.89. The van der Waals surface area contributed by atoms with Gasteiger partial charge in [0.05, 0.1) is 5.25 Å². The van der Waals surface area contributed by atoms with Gasteiger partial charge in [0.25, 0.3) is 0 Å². The van der Waals surface area contributed by atoms with Crippen LogP contribution in [0.2, 0.25) is 0 Å². The summed E-state index contributed by atoms with van der Waals surface area (Å²) >= 11 is 3.95. The van der Waals surface area contributed by atoms with Crippen LogP contribution in [-0.2, 0) is 4.79 Å². The highest BCUT2D eigenvalue weighted by Gasteiger charge is 2.33. The fraction of sp³-hybridized carbons (Fsp3) is 0.800. The first-order valence-corrected chi connectivity index (χ1v) is 3.27. The van der Waals surface area contributed by atoms with Crippen molar-refractivity contribution in [3.63, 3.8) is 0 Å². The van der Waals surface area contributed by atoms with Crippen molar-refractivity contribution in [2.75, 3.05) is 7.05 Å². The minimum absolute atomic E-state index is 0.0918. The Kier molecular flexibility index (Phi) is 1.68. The number of aliphatic hydroxyl groups excluding tert-OH is 1. The molecule has 0 aromatic carbocycles. The van der Waals surface area contributed by atoms with Crippen LogP contribution in [0.4, 0.5) is 0 Å². The van der Waals surface area contributed by atoms with Crippen LogP contribution in [-0.4, -0.2) is 34.4 Å². The molecule has 2 atom stereocenters. The number of aliphatic hydroxyl groups is 1. The molecule has 1 rings (SSSR count). The molecule has 52 valence electrons. The van der Waals surface area contributed by atoms with E-state index in [1.54, 1.807) is 7.05 Å². The van der Waals surface area contributed by atoms with Crippen LogP contribution in [0.15, 0.2) is 0 Å². The highest BCUT2D eigenvalue weighted by Crippen LogP contribution is 2.18. The number of hydrogen-bond acceptors (Lipinski definition) is 3. The fourth-order valence-electron chi connectivity index (χ4n) is 0.841. The van der Waals surface area contributed by atoms with E-state index in [-0.39, 0.29) is 11.2 Å². The third-order valence-electron chi connectivity index (χ3n) is 1.51. The predicted molar refractivity (Wildman–Crippen MR) is 36.2 cm³/mol. The normalized spacial score (nSPS) is 35.9. The predicted octanol–water partition coefficient (Wildman–Crippen LogP) is -0.535. The van der Waals surface area contributed by atoms with Crippen LogP contribution in [0.25, 0.3) is 0 Å². The van der Waals surface area contributed by atoms with Gasteiger partial charge in [0.1, 0.15) is 6.23 Å². The molecule has 1 heterocycles. The SMILES string of the molecule is CN1C(=O)C(S)C[C@@H]1O. The van der Waals surface area contributed by atoms with Crippen molar-refractivity contribution in [1.29, 1.82) is 0 Å². The molecule has 1 unspecified atom stereocenters. The molecule has 0 spiro atoms. The molecule has 1 amide bonds. The zero-order valence-electron chi connectivity index (χ0n) is 5.11. The average Bonchev–Trinajstić information content (AvgIpc) is 1.98. The molecular formula is C5H9NO2S. The summed E-state index contributed by atoms with van der Waals surface area (Å²) in [6, 6.07) is 0. The molecule has 9 heavy (non-hydrogen) atoms. The Labute approximate surface area is 59.1 Å². The summed E-state index contributed by atoms with van der Waals surface area (Å²) in [7, 11) is 1.57. The lowest BCUT2D eigenvalue weighted by atomic mass is 10.3. The van der Waals surface area contributed by atoms with E-state index in [9.17, 15) is 4.79 Å². The van der Waals surface area contributed by atoms with E-state index in [0.29, 0.717) is 6.42 Å². The lowest BCUT2D eigenvalue weighted by Gasteiger charge is -2.11. The molecule has 1 saturated heterocycles. The first-order chi connectivity index (χ1) is 4.13. The summed E-state index contributed by atoms with van der Waals surface area (Å²) in [4.78, 5) is 12.1. The number of thiol groups is 1. The first-order valence-electron chi connectivity index (χ1n) is 2.75. The van der Waals surface area contributed by atoms with Crippen LogP contribution < -0.4 is 0 Å². The monoisotopic (exact) mass is 147 g/mol. The standard InChI is InChI=1S/C5H9NO2S/c1-6-4(7)2-3(9)5(6)8/h3-4,7,9H,2H2,1H3/t3?,4-/m0/s1. The zero-order valence-corrected chi connectivity index (χ0v) is 6.01. The van der Waals surface area contributed by atoms with Gasteiger partial charge < -0.3 is 10.0 Å². The highest BCUT2D eigenvalue weighted by molar-refractivity contribution is 7.81. The van der Waals surface area contributed by atoms with Gasteiger partial charge >= 0.3 is 0 Å². The molecule has 0 saturated carbocycles. The third-order valence-corrected chi connectivity index (χ3v) is 1.95. The van der Waals surface area contributed by atoms with E-state index in [0.717, 1.165) is 0 Å². The van der Waals surface area contributed by atoms with E-state index >= 15 is 0 Å². The van der Waals surface area contributed by atoms with E-state index in [4.69, 9.17) is 5.11 Å². The quantitative estimate of drug-likeness (QED) is 0.452. The Bertz CT molecular complexity index is 139. The topological polar surface area (TPSA) is 40.5 Å². The van der Waals surface area contributed by atoms with Crippen molar-refractivity contribution in [2.45, 2.75) is 17.9 Å². The molecule has 0 aromatic heterocycles. The van der Waals surface area contributed by atoms with E-state index in [1.807, 2.05) is 0 Å². The smallest absolute Gasteiger partial charge is 0.237 e. The van der Waals surface area contributed by atoms with Gasteiger partial charge in [0.15, 0.2) is 0 Å². The summed E-state index contributed by atoms with van der Waals surface area (Å²) < 4.78 is 0. The Hall–Kier alpha value is -0.220. The molecule has 1 N–H and O–H groups in total. The minimum atomic E-state index is -0.625. The maximum Gasteiger partial charge on any atom is 0.237 e. The van der Waals surface area contributed by atoms with E-state index < -0.39 is 6.23 Å². The lowest BCUT2D eigenvalue weighted by molar-refractivity contribution is -0.130. The van der Waals surface area contributed by atoms with Crippen molar-refractivity contribution < 1.29 is 9.90 Å². The Morgan fingerprint density at radius 2 is 2.44 bits per heavy atom. The van der Waals surface area contributed by atoms with Gasteiger partial charge in [-0.1, -0.05) is 0 Å². The van der Waals surface area contributed by atoms with Gasteiger partial charge in [-0.15, -0.1) is 0 Å². The number of likely N-dealkylation sites (tertiary alicyclic amines) is 1. The molecule has 3 nitrogen and oxygen atoms in total. The number of hydrogen-bond donors (Lipinski definition) is 2. The molecule has 1 fully saturated rings. The number of nitrogens with zero attached hydrogens (tertiary/aromatic N) is 1. The molecular weight excluding hydrogens is 138 g/mol. The van der Waals surface area contributed by atoms with Gasteiger partial charge in [0.2, 0.25) is 5.91 Å². The number of rotatable bonds is 0. The van der Waals surface area contributed by atoms with Gasteiger partial charge in [0, 0.05) is 13.5 Å². The van der Waals surface area contributed by atoms with Crippen LogP contribution in [0.5, 0.6) is 0 Å². The van der Waals surface area contributed by atoms with Crippen molar-refractivity contribution >= 4 is 18.5 Å². The number of carbonyl (C=O) groups excluding carboxylic acids is 1. The third kappa shape index (κ3) is 1.04. The maximum atomic E-state index is 10.8. The summed E-state index contributed by atoms with van der Waals surface area (Å²) in [5.41, 5.74) is 0. The number of carbonyl (C=O) groups is 1. The van der Waals surface area contributed by atoms with Crippen molar-refractivity contribution in [1.82, 2.24) is 4.90 Å². The molecule has 0 bridgehead atoms. The maximum absolute atomic E-state index is 10.8. The van der Waals surface area contributed by atoms with Crippen molar-refractivity contribution in [3.8, 4) is 0 Å². The molecule has 1 aliphatic heterocycles. The second-order valence-electron chi connectivity index (χ2n) is 2.18. The summed E-state index contributed by atoms with van der Waals surface area (Å²) in [6.45, 7) is 0. The van der Waals surface area contributed by atoms with Crippen LogP contribution >= 0.6 is 12.6 Å². The summed E-state index contributed by atoms with van der Waals surface area (Å²) in [6.07, 6.45) is -0.182. The van der Waals surface area contributed by atoms with Gasteiger partial charge in [-0.3, -0.25) is 4.79 Å². The van der Waals surface area contributed by atoms with Crippen molar-refractivity contribution in [3.05, 3.63) is 0 Å². The average molecular weight is 147 g/mol. The van der Waals surface area contributed by atoms with Gasteiger partial charge in [-0.2, -0.15) is 12.6 Å². The summed E-state index contributed by atoms with van der Waals surface area (Å²) in [5, 5.41) is 8.69. The second-order valence-corrected chi connectivity index (χ2v) is 2.80. The molecule has 1 aliphatic rings. The van der Waals surface area contributed by atoms with Crippen LogP contribution in [0.3, 0.4) is 0 Å². The van der Waals surface area contributed by atoms with Crippen molar-refractivity contribution in [2.24, 2.45) is 0 Å². The van der Waals surface area contributed by atoms with E-state index in [1.165, 1.54) is 4.90 Å². The largest absolute Gasteiger partial charge is 0.373 e. The van der Waals surface area contributed by atoms with Gasteiger partial charge in [-0.25, -0.2) is 0 Å². The Morgan fingerprint density at radius 3 is 2.56 bits per heavy atom. The Morgan fingerprint density at radius 1 is 1.89 bits per heavy atom. The Balaban J connectivity index is 2.65. The van der Waals surface area contributed by atoms with Crippen LogP contribution in [0, 0.1) is 0 Å². The minimum Gasteiger partial charge on any atom is -0.373 e. The number of amides is 1. The van der Waals surface area contributed by atoms with E-state index in [2.05, 4.69) is 12.6 Å².